The number of hydrogen-bond acceptors (Lipinski definition) is 4. The molecule has 0 bridgehead atoms. The first-order chi connectivity index (χ1) is 16.5. The van der Waals surface area contributed by atoms with Crippen molar-refractivity contribution in [3.63, 3.8) is 0 Å². The van der Waals surface area contributed by atoms with E-state index in [0.29, 0.717) is 5.69 Å². The van der Waals surface area contributed by atoms with E-state index in [1.807, 2.05) is 57.2 Å². The third-order valence-electron chi connectivity index (χ3n) is 6.64. The van der Waals surface area contributed by atoms with Gasteiger partial charge in [0.2, 0.25) is 21.8 Å². The topological polar surface area (TPSA) is 86.8 Å². The van der Waals surface area contributed by atoms with E-state index in [2.05, 4.69) is 5.32 Å². The average Bonchev–Trinajstić information content (AvgIpc) is 3.29. The van der Waals surface area contributed by atoms with Gasteiger partial charge in [-0.25, -0.2) is 8.42 Å². The first-order valence-corrected chi connectivity index (χ1v) is 14.0. The van der Waals surface area contributed by atoms with Gasteiger partial charge in [-0.15, -0.1) is 0 Å². The van der Waals surface area contributed by atoms with E-state index in [-0.39, 0.29) is 25.0 Å². The van der Waals surface area contributed by atoms with Gasteiger partial charge in [-0.3, -0.25) is 13.9 Å². The molecule has 1 fully saturated rings. The largest absolute Gasteiger partial charge is 0.352 e. The molecular formula is C27H37N3O4S. The average molecular weight is 500 g/mol. The molecule has 2 amide bonds. The van der Waals surface area contributed by atoms with Crippen LogP contribution in [0.15, 0.2) is 42.5 Å². The van der Waals surface area contributed by atoms with Crippen molar-refractivity contribution in [1.29, 1.82) is 0 Å². The Morgan fingerprint density at radius 2 is 1.60 bits per heavy atom. The zero-order valence-corrected chi connectivity index (χ0v) is 22.2. The van der Waals surface area contributed by atoms with Crippen LogP contribution in [0.4, 0.5) is 5.69 Å². The van der Waals surface area contributed by atoms with Crippen molar-refractivity contribution in [1.82, 2.24) is 10.2 Å². The SMILES string of the molecule is Cc1ccc(CN(C(=O)CN(c2ccc(C)cc2C)S(C)(=O)=O)[C@@H](C)C(=O)NC2CCCC2)cc1. The van der Waals surface area contributed by atoms with Gasteiger partial charge >= 0.3 is 0 Å². The Morgan fingerprint density at radius 3 is 2.17 bits per heavy atom. The summed E-state index contributed by atoms with van der Waals surface area (Å²) in [5.74, 6) is -0.639. The highest BCUT2D eigenvalue weighted by Crippen LogP contribution is 2.24. The summed E-state index contributed by atoms with van der Waals surface area (Å²) >= 11 is 0. The Balaban J connectivity index is 1.89. The second kappa shape index (κ2) is 11.2. The molecule has 2 aromatic carbocycles. The number of carbonyl (C=O) groups excluding carboxylic acids is 2. The lowest BCUT2D eigenvalue weighted by atomic mass is 10.1. The molecule has 190 valence electrons. The third-order valence-corrected chi connectivity index (χ3v) is 7.77. The summed E-state index contributed by atoms with van der Waals surface area (Å²) in [5.41, 5.74) is 4.20. The summed E-state index contributed by atoms with van der Waals surface area (Å²) in [6.07, 6.45) is 5.16. The Kier molecular flexibility index (Phi) is 8.59. The van der Waals surface area contributed by atoms with Gasteiger partial charge in [0.05, 0.1) is 11.9 Å². The standard InChI is InChI=1S/C27H37N3O4S/c1-19-10-13-23(14-11-19)17-29(22(4)27(32)28-24-8-6-7-9-24)26(31)18-30(35(5,33)34)25-15-12-20(2)16-21(25)3/h10-16,22,24H,6-9,17-18H2,1-5H3,(H,28,32)/t22-/m0/s1. The highest BCUT2D eigenvalue weighted by molar-refractivity contribution is 7.92. The lowest BCUT2D eigenvalue weighted by molar-refractivity contribution is -0.139. The van der Waals surface area contributed by atoms with Gasteiger partial charge in [-0.1, -0.05) is 60.4 Å². The highest BCUT2D eigenvalue weighted by atomic mass is 32.2. The molecule has 0 unspecified atom stereocenters. The second-order valence-corrected chi connectivity index (χ2v) is 11.6. The monoisotopic (exact) mass is 499 g/mol. The van der Waals surface area contributed by atoms with Crippen LogP contribution in [0.3, 0.4) is 0 Å². The summed E-state index contributed by atoms with van der Waals surface area (Å²) in [6, 6.07) is 12.6. The summed E-state index contributed by atoms with van der Waals surface area (Å²) in [5, 5.41) is 3.07. The quantitative estimate of drug-likeness (QED) is 0.568. The fourth-order valence-corrected chi connectivity index (χ4v) is 5.45. The van der Waals surface area contributed by atoms with Crippen molar-refractivity contribution in [2.24, 2.45) is 0 Å². The molecule has 1 saturated carbocycles. The predicted molar refractivity (Wildman–Crippen MR) is 140 cm³/mol. The van der Waals surface area contributed by atoms with Gasteiger partial charge < -0.3 is 10.2 Å². The molecule has 7 nitrogen and oxygen atoms in total. The summed E-state index contributed by atoms with van der Waals surface area (Å²) < 4.78 is 26.6. The minimum absolute atomic E-state index is 0.129. The van der Waals surface area contributed by atoms with Crippen LogP contribution in [-0.4, -0.2) is 50.0 Å². The number of anilines is 1. The number of amides is 2. The van der Waals surface area contributed by atoms with Crippen molar-refractivity contribution in [3.8, 4) is 0 Å². The second-order valence-electron chi connectivity index (χ2n) is 9.73. The van der Waals surface area contributed by atoms with Crippen LogP contribution in [-0.2, 0) is 26.2 Å². The lowest BCUT2D eigenvalue weighted by Crippen LogP contribution is -2.52. The van der Waals surface area contributed by atoms with Crippen LogP contribution in [0.5, 0.6) is 0 Å². The molecule has 8 heteroatoms. The van der Waals surface area contributed by atoms with Crippen LogP contribution >= 0.6 is 0 Å². The molecule has 0 aliphatic heterocycles. The van der Waals surface area contributed by atoms with E-state index >= 15 is 0 Å². The van der Waals surface area contributed by atoms with Crippen molar-refractivity contribution in [2.75, 3.05) is 17.1 Å². The first-order valence-electron chi connectivity index (χ1n) is 12.2. The summed E-state index contributed by atoms with van der Waals surface area (Å²) in [4.78, 5) is 28.2. The van der Waals surface area contributed by atoms with Crippen LogP contribution in [0.2, 0.25) is 0 Å². The predicted octanol–water partition coefficient (Wildman–Crippen LogP) is 3.85. The van der Waals surface area contributed by atoms with Crippen LogP contribution in [0.25, 0.3) is 0 Å². The van der Waals surface area contributed by atoms with Crippen molar-refractivity contribution in [3.05, 3.63) is 64.7 Å². The van der Waals surface area contributed by atoms with Crippen LogP contribution < -0.4 is 9.62 Å². The number of hydrogen-bond donors (Lipinski definition) is 1. The van der Waals surface area contributed by atoms with Crippen molar-refractivity contribution >= 4 is 27.5 Å². The zero-order valence-electron chi connectivity index (χ0n) is 21.4. The zero-order chi connectivity index (χ0) is 25.8. The minimum Gasteiger partial charge on any atom is -0.352 e. The summed E-state index contributed by atoms with van der Waals surface area (Å²) in [6.45, 7) is 7.28. The first kappa shape index (κ1) is 26.7. The van der Waals surface area contributed by atoms with Gasteiger partial charge in [-0.05, 0) is 57.7 Å². The normalized spacial score (nSPS) is 15.0. The minimum atomic E-state index is -3.74. The maximum Gasteiger partial charge on any atom is 0.244 e. The number of rotatable bonds is 9. The van der Waals surface area contributed by atoms with E-state index < -0.39 is 22.0 Å². The number of nitrogens with one attached hydrogen (secondary N) is 1. The number of sulfonamides is 1. The van der Waals surface area contributed by atoms with Crippen molar-refractivity contribution < 1.29 is 18.0 Å². The molecule has 1 N–H and O–H groups in total. The van der Waals surface area contributed by atoms with E-state index in [9.17, 15) is 18.0 Å². The molecular weight excluding hydrogens is 462 g/mol. The van der Waals surface area contributed by atoms with Gasteiger partial charge in [-0.2, -0.15) is 0 Å². The lowest BCUT2D eigenvalue weighted by Gasteiger charge is -2.32. The Bertz CT molecular complexity index is 1160. The molecule has 0 heterocycles. The van der Waals surface area contributed by atoms with Crippen molar-refractivity contribution in [2.45, 2.75) is 72.0 Å². The van der Waals surface area contributed by atoms with Crippen LogP contribution in [0.1, 0.15) is 54.9 Å². The molecule has 1 aliphatic carbocycles. The van der Waals surface area contributed by atoms with E-state index in [4.69, 9.17) is 0 Å². The van der Waals surface area contributed by atoms with Gasteiger partial charge in [0.25, 0.3) is 0 Å². The molecule has 1 atom stereocenters. The van der Waals surface area contributed by atoms with E-state index in [1.165, 1.54) is 4.90 Å². The van der Waals surface area contributed by atoms with E-state index in [0.717, 1.165) is 58.5 Å². The van der Waals surface area contributed by atoms with E-state index in [1.54, 1.807) is 13.0 Å². The fraction of sp³-hybridized carbons (Fsp3) is 0.481. The maximum absolute atomic E-state index is 13.6. The Hall–Kier alpha value is -2.87. The molecule has 2 aromatic rings. The molecule has 1 aliphatic rings. The number of nitrogens with zero attached hydrogens (tertiary/aromatic N) is 2. The molecule has 0 aromatic heterocycles. The molecule has 35 heavy (non-hydrogen) atoms. The molecule has 0 saturated heterocycles. The third kappa shape index (κ3) is 7.07. The van der Waals surface area contributed by atoms with Gasteiger partial charge in [0, 0.05) is 12.6 Å². The number of carbonyl (C=O) groups is 2. The fourth-order valence-electron chi connectivity index (χ4n) is 4.54. The smallest absolute Gasteiger partial charge is 0.244 e. The molecule has 3 rings (SSSR count). The molecule has 0 radical (unpaired) electrons. The van der Waals surface area contributed by atoms with Gasteiger partial charge in [0.15, 0.2) is 0 Å². The van der Waals surface area contributed by atoms with Gasteiger partial charge in [0.1, 0.15) is 12.6 Å². The Labute approximate surface area is 209 Å². The number of aryl methyl sites for hydroxylation is 3. The number of benzene rings is 2. The highest BCUT2D eigenvalue weighted by Gasteiger charge is 2.31. The molecule has 0 spiro atoms. The Morgan fingerprint density at radius 1 is 1.00 bits per heavy atom. The maximum atomic E-state index is 13.6. The summed E-state index contributed by atoms with van der Waals surface area (Å²) in [7, 11) is -3.74. The van der Waals surface area contributed by atoms with Crippen LogP contribution in [0, 0.1) is 20.8 Å².